The van der Waals surface area contributed by atoms with Crippen LogP contribution in [0.5, 0.6) is 0 Å². The first-order valence-corrected chi connectivity index (χ1v) is 15.5. The lowest BCUT2D eigenvalue weighted by Crippen LogP contribution is -2.05. The highest BCUT2D eigenvalue weighted by molar-refractivity contribution is 6.23. The van der Waals surface area contributed by atoms with Crippen LogP contribution < -0.4 is 0 Å². The molecule has 1 atom stereocenters. The zero-order chi connectivity index (χ0) is 29.2. The van der Waals surface area contributed by atoms with Crippen LogP contribution in [0.2, 0.25) is 0 Å². The molecule has 1 unspecified atom stereocenters. The molecule has 0 fully saturated rings. The van der Waals surface area contributed by atoms with Crippen LogP contribution in [-0.4, -0.2) is 23.7 Å². The molecule has 5 aromatic heterocycles. The maximum Gasteiger partial charge on any atom is 0.137 e. The minimum Gasteiger partial charge on any atom is -0.312 e. The van der Waals surface area contributed by atoms with Crippen molar-refractivity contribution in [2.24, 2.45) is 0 Å². The Balaban J connectivity index is 1.22. The fourth-order valence-corrected chi connectivity index (χ4v) is 8.30. The lowest BCUT2D eigenvalue weighted by molar-refractivity contribution is 0.873. The molecule has 210 valence electrons. The zero-order valence-corrected chi connectivity index (χ0v) is 24.2. The molecular formula is C40H25N5. The van der Waals surface area contributed by atoms with Gasteiger partial charge in [-0.1, -0.05) is 66.7 Å². The first kappa shape index (κ1) is 23.5. The number of nitrogens with zero attached hydrogens (tertiary/aromatic N) is 5. The quantitative estimate of drug-likeness (QED) is 0.206. The fourth-order valence-electron chi connectivity index (χ4n) is 8.30. The summed E-state index contributed by atoms with van der Waals surface area (Å²) in [5.41, 5.74) is 11.1. The molecule has 0 spiro atoms. The second kappa shape index (κ2) is 8.36. The van der Waals surface area contributed by atoms with Gasteiger partial charge in [-0.25, -0.2) is 4.98 Å². The third kappa shape index (κ3) is 2.88. The molecule has 0 radical (unpaired) electrons. The normalized spacial score (nSPS) is 15.7. The summed E-state index contributed by atoms with van der Waals surface area (Å²) in [6.07, 6.45) is 13.7. The number of hydrogen-bond donors (Lipinski definition) is 0. The van der Waals surface area contributed by atoms with Crippen molar-refractivity contribution >= 4 is 71.1 Å². The van der Waals surface area contributed by atoms with Gasteiger partial charge in [-0.15, -0.1) is 0 Å². The smallest absolute Gasteiger partial charge is 0.137 e. The number of allylic oxidation sites excluding steroid dienone is 4. The number of benzene rings is 4. The van der Waals surface area contributed by atoms with E-state index in [0.717, 1.165) is 29.0 Å². The van der Waals surface area contributed by atoms with Gasteiger partial charge in [0.1, 0.15) is 5.82 Å². The summed E-state index contributed by atoms with van der Waals surface area (Å²) >= 11 is 0. The van der Waals surface area contributed by atoms with E-state index < -0.39 is 0 Å². The van der Waals surface area contributed by atoms with E-state index in [4.69, 9.17) is 4.98 Å². The highest BCUT2D eigenvalue weighted by Crippen LogP contribution is 2.53. The standard InChI is InChI=1S/C40H25N5/c1-5-13-32-25(9-1)28-19-20-41-23-36(28)43(32)24-17-18-37(42-22-24)45-34-15-7-3-11-27(34)31-21-30-26-10-2-6-14-33(26)44-35-16-8-4-12-29(35)38(39(30)44)40(31)45/h1-11,13-23,29H,12H2. The average Bonchev–Trinajstić information content (AvgIpc) is 3.82. The maximum atomic E-state index is 5.20. The minimum atomic E-state index is 0.299. The Labute approximate surface area is 257 Å². The van der Waals surface area contributed by atoms with Gasteiger partial charge < -0.3 is 9.13 Å². The van der Waals surface area contributed by atoms with Gasteiger partial charge in [-0.05, 0) is 55.0 Å². The molecule has 5 nitrogen and oxygen atoms in total. The second-order valence-electron chi connectivity index (χ2n) is 12.2. The average molecular weight is 576 g/mol. The lowest BCUT2D eigenvalue weighted by atomic mass is 9.89. The van der Waals surface area contributed by atoms with E-state index >= 15 is 0 Å². The van der Waals surface area contributed by atoms with E-state index in [1.54, 1.807) is 0 Å². The summed E-state index contributed by atoms with van der Waals surface area (Å²) in [5.74, 6) is 1.22. The van der Waals surface area contributed by atoms with E-state index in [-0.39, 0.29) is 0 Å². The van der Waals surface area contributed by atoms with Crippen LogP contribution in [-0.2, 0) is 0 Å². The molecule has 6 heterocycles. The topological polar surface area (TPSA) is 40.6 Å². The van der Waals surface area contributed by atoms with Crippen LogP contribution in [0.25, 0.3) is 82.6 Å². The summed E-state index contributed by atoms with van der Waals surface area (Å²) < 4.78 is 7.19. The van der Waals surface area contributed by atoms with Crippen molar-refractivity contribution in [1.82, 2.24) is 23.7 Å². The van der Waals surface area contributed by atoms with Gasteiger partial charge in [-0.2, -0.15) is 0 Å². The van der Waals surface area contributed by atoms with Crippen LogP contribution >= 0.6 is 0 Å². The van der Waals surface area contributed by atoms with Crippen molar-refractivity contribution in [3.05, 3.63) is 139 Å². The summed E-state index contributed by atoms with van der Waals surface area (Å²) in [6, 6.07) is 35.1. The minimum absolute atomic E-state index is 0.299. The third-order valence-electron chi connectivity index (χ3n) is 10.1. The lowest BCUT2D eigenvalue weighted by Gasteiger charge is -2.18. The summed E-state index contributed by atoms with van der Waals surface area (Å²) in [4.78, 5) is 9.66. The Kier molecular flexibility index (Phi) is 4.37. The van der Waals surface area contributed by atoms with Gasteiger partial charge in [0.15, 0.2) is 0 Å². The highest BCUT2D eigenvalue weighted by atomic mass is 15.1. The molecule has 45 heavy (non-hydrogen) atoms. The van der Waals surface area contributed by atoms with E-state index in [9.17, 15) is 0 Å². The molecule has 1 aliphatic heterocycles. The molecule has 9 aromatic rings. The van der Waals surface area contributed by atoms with Crippen LogP contribution in [0, 0.1) is 0 Å². The Morgan fingerprint density at radius 1 is 0.578 bits per heavy atom. The Bertz CT molecular complexity index is 2730. The molecule has 11 rings (SSSR count). The van der Waals surface area contributed by atoms with Crippen molar-refractivity contribution < 1.29 is 0 Å². The van der Waals surface area contributed by atoms with Crippen molar-refractivity contribution in [2.75, 3.05) is 0 Å². The second-order valence-corrected chi connectivity index (χ2v) is 12.2. The van der Waals surface area contributed by atoms with Crippen molar-refractivity contribution in [3.8, 4) is 11.5 Å². The molecule has 0 saturated heterocycles. The van der Waals surface area contributed by atoms with Crippen LogP contribution in [0.4, 0.5) is 0 Å². The van der Waals surface area contributed by atoms with E-state index in [2.05, 4.69) is 134 Å². The van der Waals surface area contributed by atoms with Gasteiger partial charge in [-0.3, -0.25) is 9.55 Å². The largest absolute Gasteiger partial charge is 0.312 e. The highest BCUT2D eigenvalue weighted by Gasteiger charge is 2.36. The maximum absolute atomic E-state index is 5.20. The summed E-state index contributed by atoms with van der Waals surface area (Å²) in [6.45, 7) is 0. The number of hydrogen-bond acceptors (Lipinski definition) is 2. The van der Waals surface area contributed by atoms with Crippen molar-refractivity contribution in [1.29, 1.82) is 0 Å². The van der Waals surface area contributed by atoms with Gasteiger partial charge in [0.2, 0.25) is 0 Å². The zero-order valence-electron chi connectivity index (χ0n) is 24.2. The molecule has 2 aliphatic rings. The Morgan fingerprint density at radius 3 is 1.96 bits per heavy atom. The molecular weight excluding hydrogens is 550 g/mol. The number of rotatable bonds is 2. The van der Waals surface area contributed by atoms with Crippen LogP contribution in [0.15, 0.2) is 134 Å². The molecule has 0 N–H and O–H groups in total. The monoisotopic (exact) mass is 575 g/mol. The third-order valence-corrected chi connectivity index (χ3v) is 10.1. The van der Waals surface area contributed by atoms with Crippen molar-refractivity contribution in [2.45, 2.75) is 12.3 Å². The van der Waals surface area contributed by atoms with E-state index in [1.807, 2.05) is 18.6 Å². The van der Waals surface area contributed by atoms with Gasteiger partial charge >= 0.3 is 0 Å². The van der Waals surface area contributed by atoms with E-state index in [0.29, 0.717) is 5.92 Å². The van der Waals surface area contributed by atoms with E-state index in [1.165, 1.54) is 65.6 Å². The number of fused-ring (bicyclic) bond motifs is 13. The Morgan fingerprint density at radius 2 is 1.22 bits per heavy atom. The SMILES string of the molecule is C1=CCC2C(=C1)n1c3ccccc3c3cc4c5ccccc5n(-c5ccc(-n6c7ccccc7c7ccncc76)cn5)c4c2c31. The number of para-hydroxylation sites is 3. The predicted octanol–water partition coefficient (Wildman–Crippen LogP) is 9.68. The number of aromatic nitrogens is 5. The first-order chi connectivity index (χ1) is 22.4. The first-order valence-electron chi connectivity index (χ1n) is 15.5. The number of pyridine rings is 2. The molecule has 0 saturated carbocycles. The van der Waals surface area contributed by atoms with Gasteiger partial charge in [0.05, 0.1) is 51.2 Å². The van der Waals surface area contributed by atoms with Gasteiger partial charge in [0.25, 0.3) is 0 Å². The Hall–Kier alpha value is -5.94. The van der Waals surface area contributed by atoms with Crippen molar-refractivity contribution in [3.63, 3.8) is 0 Å². The fraction of sp³-hybridized carbons (Fsp3) is 0.0500. The van der Waals surface area contributed by atoms with Crippen LogP contribution in [0.3, 0.4) is 0 Å². The molecule has 4 aromatic carbocycles. The molecule has 0 bridgehead atoms. The van der Waals surface area contributed by atoms with Gasteiger partial charge in [0, 0.05) is 55.7 Å². The molecule has 5 heteroatoms. The summed E-state index contributed by atoms with van der Waals surface area (Å²) in [7, 11) is 0. The predicted molar refractivity (Wildman–Crippen MR) is 184 cm³/mol. The summed E-state index contributed by atoms with van der Waals surface area (Å²) in [5, 5.41) is 7.59. The molecule has 1 aliphatic carbocycles. The molecule has 0 amide bonds. The van der Waals surface area contributed by atoms with Crippen LogP contribution in [0.1, 0.15) is 17.9 Å².